The molecule has 6 nitrogen and oxygen atoms in total. The molecular weight excluding hydrogens is 322 g/mol. The van der Waals surface area contributed by atoms with Crippen molar-refractivity contribution in [2.75, 3.05) is 20.0 Å². The maximum absolute atomic E-state index is 11.6. The lowest BCUT2D eigenvalue weighted by Gasteiger charge is -2.30. The van der Waals surface area contributed by atoms with Crippen LogP contribution in [-0.4, -0.2) is 26.3 Å². The molecule has 0 heterocycles. The minimum Gasteiger partial charge on any atom is -0.469 e. The van der Waals surface area contributed by atoms with Gasteiger partial charge >= 0.3 is 12.1 Å². The van der Waals surface area contributed by atoms with E-state index in [1.165, 1.54) is 14.2 Å². The van der Waals surface area contributed by atoms with Crippen LogP contribution in [0, 0.1) is 0 Å². The molecule has 1 aromatic rings. The third kappa shape index (κ3) is 5.37. The van der Waals surface area contributed by atoms with Gasteiger partial charge < -0.3 is 19.9 Å². The number of nitrogens with two attached hydrogens (primary N) is 1. The summed E-state index contributed by atoms with van der Waals surface area (Å²) in [6.45, 7) is 10.1. The lowest BCUT2D eigenvalue weighted by molar-refractivity contribution is -0.141. The molecule has 0 aromatic heterocycles. The number of hydrogen-bond acceptors (Lipinski definition) is 6. The summed E-state index contributed by atoms with van der Waals surface area (Å²) in [6.07, 6.45) is -0.0193. The van der Waals surface area contributed by atoms with Crippen molar-refractivity contribution in [2.24, 2.45) is 0 Å². The number of benzene rings is 1. The molecule has 25 heavy (non-hydrogen) atoms. The molecule has 0 aliphatic heterocycles. The Morgan fingerprint density at radius 2 is 1.60 bits per heavy atom. The van der Waals surface area contributed by atoms with Gasteiger partial charge in [-0.3, -0.25) is 4.79 Å². The Morgan fingerprint density at radius 1 is 1.00 bits per heavy atom. The van der Waals surface area contributed by atoms with Crippen molar-refractivity contribution in [3.8, 4) is 5.75 Å². The molecule has 0 bridgehead atoms. The molecular formula is C19H29NO5. The van der Waals surface area contributed by atoms with Crippen LogP contribution in [0.5, 0.6) is 5.75 Å². The highest BCUT2D eigenvalue weighted by atomic mass is 16.7. The van der Waals surface area contributed by atoms with Gasteiger partial charge in [-0.25, -0.2) is 4.79 Å². The summed E-state index contributed by atoms with van der Waals surface area (Å²) in [5, 5.41) is 0. The van der Waals surface area contributed by atoms with Gasteiger partial charge in [-0.05, 0) is 28.9 Å². The van der Waals surface area contributed by atoms with E-state index >= 15 is 0 Å². The number of hydrogen-bond donors (Lipinski definition) is 1. The topological polar surface area (TPSA) is 87.9 Å². The fourth-order valence-electron chi connectivity index (χ4n) is 2.64. The fourth-order valence-corrected chi connectivity index (χ4v) is 2.64. The van der Waals surface area contributed by atoms with Crippen LogP contribution in [-0.2, 0) is 25.1 Å². The van der Waals surface area contributed by atoms with Crippen molar-refractivity contribution >= 4 is 17.8 Å². The van der Waals surface area contributed by atoms with Gasteiger partial charge in [-0.15, -0.1) is 0 Å². The molecule has 0 saturated carbocycles. The summed E-state index contributed by atoms with van der Waals surface area (Å²) in [5.41, 5.74) is 7.84. The van der Waals surface area contributed by atoms with Crippen molar-refractivity contribution in [1.82, 2.24) is 0 Å². The second-order valence-corrected chi connectivity index (χ2v) is 7.70. The average molecular weight is 351 g/mol. The zero-order valence-electron chi connectivity index (χ0n) is 16.2. The van der Waals surface area contributed by atoms with E-state index in [0.717, 1.165) is 11.1 Å². The van der Waals surface area contributed by atoms with Crippen LogP contribution in [0.4, 0.5) is 10.5 Å². The Labute approximate surface area is 149 Å². The zero-order chi connectivity index (χ0) is 19.4. The molecule has 1 rings (SSSR count). The van der Waals surface area contributed by atoms with E-state index in [2.05, 4.69) is 25.5 Å². The maximum Gasteiger partial charge on any atom is 0.513 e. The van der Waals surface area contributed by atoms with Crippen LogP contribution in [0.3, 0.4) is 0 Å². The van der Waals surface area contributed by atoms with Gasteiger partial charge in [-0.2, -0.15) is 0 Å². The van der Waals surface area contributed by atoms with E-state index in [-0.39, 0.29) is 17.8 Å². The van der Waals surface area contributed by atoms with Gasteiger partial charge in [0.15, 0.2) is 0 Å². The Balaban J connectivity index is 3.40. The number of esters is 1. The third-order valence-electron chi connectivity index (χ3n) is 4.23. The predicted octanol–water partition coefficient (Wildman–Crippen LogP) is 3.94. The normalized spacial score (nSPS) is 11.8. The first-order chi connectivity index (χ1) is 11.4. The minimum atomic E-state index is -0.812. The van der Waals surface area contributed by atoms with E-state index in [1.807, 2.05) is 19.9 Å². The molecule has 0 fully saturated rings. The molecule has 0 saturated heterocycles. The van der Waals surface area contributed by atoms with E-state index in [4.69, 9.17) is 15.2 Å². The summed E-state index contributed by atoms with van der Waals surface area (Å²) in [5.74, 6) is 0.0576. The molecule has 1 aromatic carbocycles. The van der Waals surface area contributed by atoms with E-state index in [0.29, 0.717) is 17.9 Å². The zero-order valence-corrected chi connectivity index (χ0v) is 16.2. The van der Waals surface area contributed by atoms with Crippen molar-refractivity contribution in [1.29, 1.82) is 0 Å². The van der Waals surface area contributed by atoms with Gasteiger partial charge in [0.1, 0.15) is 5.75 Å². The minimum absolute atomic E-state index is 0.180. The van der Waals surface area contributed by atoms with Gasteiger partial charge in [0.2, 0.25) is 0 Å². The van der Waals surface area contributed by atoms with Crippen molar-refractivity contribution < 1.29 is 23.8 Å². The van der Waals surface area contributed by atoms with Crippen LogP contribution < -0.4 is 10.5 Å². The molecule has 0 spiro atoms. The monoisotopic (exact) mass is 351 g/mol. The molecule has 140 valence electrons. The Kier molecular flexibility index (Phi) is 6.46. The van der Waals surface area contributed by atoms with E-state index in [9.17, 15) is 9.59 Å². The number of carbonyl (C=O) groups is 2. The Morgan fingerprint density at radius 3 is 2.08 bits per heavy atom. The maximum atomic E-state index is 11.6. The molecule has 0 aliphatic carbocycles. The van der Waals surface area contributed by atoms with Crippen LogP contribution >= 0.6 is 0 Å². The highest BCUT2D eigenvalue weighted by Gasteiger charge is 2.30. The lowest BCUT2D eigenvalue weighted by Crippen LogP contribution is -2.24. The number of nitrogen functional groups attached to an aromatic ring is 1. The first kappa shape index (κ1) is 20.8. The largest absolute Gasteiger partial charge is 0.513 e. The molecule has 6 heteroatoms. The molecule has 2 N–H and O–H groups in total. The highest BCUT2D eigenvalue weighted by Crippen LogP contribution is 2.41. The summed E-state index contributed by atoms with van der Waals surface area (Å²) < 4.78 is 14.6. The quantitative estimate of drug-likeness (QED) is 0.491. The number of methoxy groups -OCH3 is 2. The molecule has 0 atom stereocenters. The van der Waals surface area contributed by atoms with Gasteiger partial charge in [0.25, 0.3) is 0 Å². The average Bonchev–Trinajstić information content (AvgIpc) is 2.51. The molecule has 0 aliphatic rings. The van der Waals surface area contributed by atoms with Crippen molar-refractivity contribution in [3.63, 3.8) is 0 Å². The Hall–Kier alpha value is -2.24. The summed E-state index contributed by atoms with van der Waals surface area (Å²) >= 11 is 0. The van der Waals surface area contributed by atoms with E-state index in [1.54, 1.807) is 6.07 Å². The first-order valence-electron chi connectivity index (χ1n) is 8.19. The number of anilines is 1. The standard InChI is InChI=1S/C19H29NO5/c1-18(2,3)12-10-13(19(4,5)9-8-16(21)23-6)15(11-14(12)20)25-17(22)24-7/h10-11H,8-9,20H2,1-7H3. The van der Waals surface area contributed by atoms with E-state index < -0.39 is 11.6 Å². The molecule has 0 amide bonds. The van der Waals surface area contributed by atoms with Gasteiger partial charge in [0.05, 0.1) is 14.2 Å². The van der Waals surface area contributed by atoms with Crippen molar-refractivity contribution in [2.45, 2.75) is 58.3 Å². The number of rotatable bonds is 5. The first-order valence-corrected chi connectivity index (χ1v) is 8.19. The molecule has 0 radical (unpaired) electrons. The second-order valence-electron chi connectivity index (χ2n) is 7.70. The highest BCUT2D eigenvalue weighted by molar-refractivity contribution is 5.70. The van der Waals surface area contributed by atoms with Crippen molar-refractivity contribution in [3.05, 3.63) is 23.3 Å². The number of ether oxygens (including phenoxy) is 3. The van der Waals surface area contributed by atoms with Gasteiger partial charge in [0, 0.05) is 23.7 Å². The molecule has 0 unspecified atom stereocenters. The lowest BCUT2D eigenvalue weighted by atomic mass is 9.76. The Bertz CT molecular complexity index is 644. The predicted molar refractivity (Wildman–Crippen MR) is 96.9 cm³/mol. The second kappa shape index (κ2) is 7.76. The third-order valence-corrected chi connectivity index (χ3v) is 4.23. The summed E-state index contributed by atoms with van der Waals surface area (Å²) in [6, 6.07) is 3.59. The number of carbonyl (C=O) groups excluding carboxylic acids is 2. The van der Waals surface area contributed by atoms with Crippen LogP contribution in [0.1, 0.15) is 58.6 Å². The van der Waals surface area contributed by atoms with Gasteiger partial charge in [-0.1, -0.05) is 34.6 Å². The summed E-state index contributed by atoms with van der Waals surface area (Å²) in [7, 11) is 2.61. The fraction of sp³-hybridized carbons (Fsp3) is 0.579. The smallest absolute Gasteiger partial charge is 0.469 e. The van der Waals surface area contributed by atoms with Crippen LogP contribution in [0.25, 0.3) is 0 Å². The summed E-state index contributed by atoms with van der Waals surface area (Å²) in [4.78, 5) is 23.1. The van der Waals surface area contributed by atoms with Crippen LogP contribution in [0.15, 0.2) is 12.1 Å². The van der Waals surface area contributed by atoms with Crippen LogP contribution in [0.2, 0.25) is 0 Å². The SMILES string of the molecule is COC(=O)CCC(C)(C)c1cc(C(C)(C)C)c(N)cc1OC(=O)OC.